The Morgan fingerprint density at radius 3 is 0.747 bits per heavy atom. The minimum absolute atomic E-state index is 0.0275. The van der Waals surface area contributed by atoms with Crippen molar-refractivity contribution in [2.24, 2.45) is 0 Å². The van der Waals surface area contributed by atoms with Crippen molar-refractivity contribution >= 4 is 11.9 Å². The van der Waals surface area contributed by atoms with Crippen molar-refractivity contribution in [3.63, 3.8) is 0 Å². The molecule has 95 heavy (non-hydrogen) atoms. The van der Waals surface area contributed by atoms with E-state index < -0.39 is 12.1 Å². The van der Waals surface area contributed by atoms with Crippen LogP contribution in [0.3, 0.4) is 0 Å². The number of esters is 1. The van der Waals surface area contributed by atoms with Gasteiger partial charge in [0.05, 0.1) is 25.4 Å². The summed E-state index contributed by atoms with van der Waals surface area (Å²) in [6.07, 6.45) is 111. The summed E-state index contributed by atoms with van der Waals surface area (Å²) in [4.78, 5) is 24.7. The van der Waals surface area contributed by atoms with E-state index in [0.29, 0.717) is 19.4 Å². The number of aliphatic hydroxyl groups is 2. The van der Waals surface area contributed by atoms with Gasteiger partial charge in [0.15, 0.2) is 0 Å². The van der Waals surface area contributed by atoms with Crippen LogP contribution < -0.4 is 5.32 Å². The Hall–Kier alpha value is -1.66. The lowest BCUT2D eigenvalue weighted by atomic mass is 10.0. The molecule has 6 nitrogen and oxygen atoms in total. The molecule has 0 radical (unpaired) electrons. The fraction of sp³-hybridized carbons (Fsp3) is 0.933. The molecule has 0 saturated carbocycles. The van der Waals surface area contributed by atoms with Crippen LogP contribution in [0.4, 0.5) is 0 Å². The summed E-state index contributed by atoms with van der Waals surface area (Å²) in [5, 5.41) is 23.3. The molecule has 0 bridgehead atoms. The normalized spacial score (nSPS) is 12.5. The molecule has 0 heterocycles. The van der Waals surface area contributed by atoms with E-state index in [4.69, 9.17) is 4.74 Å². The first-order chi connectivity index (χ1) is 47.0. The van der Waals surface area contributed by atoms with Gasteiger partial charge in [-0.25, -0.2) is 0 Å². The van der Waals surface area contributed by atoms with E-state index in [0.717, 1.165) is 38.5 Å². The zero-order chi connectivity index (χ0) is 68.4. The van der Waals surface area contributed by atoms with E-state index in [1.165, 1.54) is 443 Å². The highest BCUT2D eigenvalue weighted by Crippen LogP contribution is 2.21. The zero-order valence-electron chi connectivity index (χ0n) is 64.9. The molecule has 0 aliphatic rings. The van der Waals surface area contributed by atoms with Gasteiger partial charge in [0.25, 0.3) is 0 Å². The van der Waals surface area contributed by atoms with Crippen LogP contribution in [0, 0.1) is 0 Å². The first kappa shape index (κ1) is 93.3. The fourth-order valence-corrected chi connectivity index (χ4v) is 14.3. The average molecular weight is 1340 g/mol. The molecule has 0 aliphatic heterocycles. The van der Waals surface area contributed by atoms with Crippen molar-refractivity contribution in [2.75, 3.05) is 13.2 Å². The molecule has 2 atom stereocenters. The molecule has 1 amide bonds. The van der Waals surface area contributed by atoms with Gasteiger partial charge in [-0.2, -0.15) is 0 Å². The molecule has 3 N–H and O–H groups in total. The Labute approximate surface area is 596 Å². The molecule has 2 unspecified atom stereocenters. The van der Waals surface area contributed by atoms with Crippen molar-refractivity contribution in [1.82, 2.24) is 5.32 Å². The van der Waals surface area contributed by atoms with E-state index in [1.807, 2.05) is 6.08 Å². The number of carbonyl (C=O) groups is 2. The van der Waals surface area contributed by atoms with Crippen LogP contribution in [0.5, 0.6) is 0 Å². The van der Waals surface area contributed by atoms with Gasteiger partial charge in [-0.3, -0.25) is 9.59 Å². The monoisotopic (exact) mass is 1340 g/mol. The molecule has 0 spiro atoms. The first-order valence-electron chi connectivity index (χ1n) is 44.1. The van der Waals surface area contributed by atoms with E-state index in [1.54, 1.807) is 6.08 Å². The molecule has 0 saturated heterocycles. The minimum atomic E-state index is -0.843. The zero-order valence-corrected chi connectivity index (χ0v) is 64.9. The Bertz CT molecular complexity index is 1500. The maximum absolute atomic E-state index is 12.6. The number of amides is 1. The van der Waals surface area contributed by atoms with Crippen LogP contribution in [0.2, 0.25) is 0 Å². The first-order valence-corrected chi connectivity index (χ1v) is 44.1. The van der Waals surface area contributed by atoms with E-state index in [-0.39, 0.29) is 18.5 Å². The number of nitrogens with one attached hydrogen (secondary N) is 1. The smallest absolute Gasteiger partial charge is 0.305 e. The van der Waals surface area contributed by atoms with E-state index in [2.05, 4.69) is 31.3 Å². The van der Waals surface area contributed by atoms with Gasteiger partial charge in [-0.1, -0.05) is 462 Å². The Kier molecular flexibility index (Phi) is 83.3. The highest BCUT2D eigenvalue weighted by atomic mass is 16.5. The van der Waals surface area contributed by atoms with Gasteiger partial charge in [0.2, 0.25) is 5.91 Å². The highest BCUT2D eigenvalue weighted by Gasteiger charge is 2.18. The second kappa shape index (κ2) is 84.8. The number of hydrogen-bond acceptors (Lipinski definition) is 5. The number of unbranched alkanes of at least 4 members (excludes halogenated alkanes) is 71. The fourth-order valence-electron chi connectivity index (χ4n) is 14.3. The predicted octanol–water partition coefficient (Wildman–Crippen LogP) is 29.6. The Morgan fingerprint density at radius 1 is 0.284 bits per heavy atom. The number of ether oxygens (including phenoxy) is 1. The minimum Gasteiger partial charge on any atom is -0.466 e. The summed E-state index contributed by atoms with van der Waals surface area (Å²) >= 11 is 0. The van der Waals surface area contributed by atoms with Crippen molar-refractivity contribution in [3.05, 3.63) is 24.3 Å². The lowest BCUT2D eigenvalue weighted by molar-refractivity contribution is -0.143. The Morgan fingerprint density at radius 2 is 0.495 bits per heavy atom. The summed E-state index contributed by atoms with van der Waals surface area (Å²) in [6, 6.07) is -0.626. The lowest BCUT2D eigenvalue weighted by Gasteiger charge is -2.20. The molecule has 0 aliphatic carbocycles. The number of aliphatic hydroxyl groups excluding tert-OH is 2. The van der Waals surface area contributed by atoms with Crippen molar-refractivity contribution in [2.45, 2.75) is 520 Å². The van der Waals surface area contributed by atoms with Gasteiger partial charge in [-0.05, 0) is 57.8 Å². The standard InChI is InChI=1S/C89H173NO5/c1-3-5-7-9-11-13-15-17-19-21-22-23-43-46-50-53-57-61-65-69-73-77-81-87(92)86(85-91)90-88(93)82-78-74-70-66-62-58-54-51-47-44-41-39-37-35-33-31-29-27-25-24-26-28-30-32-34-36-38-40-42-45-48-52-56-60-64-68-72-76-80-84-95-89(94)83-79-75-71-67-63-59-55-49-20-18-16-14-12-10-8-6-4-2/h24-25,77,81,86-87,91-92H,3-23,26-76,78-80,82-85H2,1-2H3,(H,90,93)/b25-24-,81-77+. The van der Waals surface area contributed by atoms with E-state index in [9.17, 15) is 19.8 Å². The molecular weight excluding hydrogens is 1160 g/mol. The number of carbonyl (C=O) groups excluding carboxylic acids is 2. The number of allylic oxidation sites excluding steroid dienone is 3. The SMILES string of the molecule is CCCCCCCCCCCCCCCCCCCCCC/C=C/C(O)C(CO)NC(=O)CCCCCCCCCCCCCCCCCCC/C=C\CCCCCCCCCCCCCCCCCCCCOC(=O)CCCCCCCCCCCCCCCCCCC. The van der Waals surface area contributed by atoms with Crippen LogP contribution >= 0.6 is 0 Å². The summed E-state index contributed by atoms with van der Waals surface area (Å²) in [6.45, 7) is 4.97. The summed E-state index contributed by atoms with van der Waals surface area (Å²) in [5.74, 6) is -0.0306. The van der Waals surface area contributed by atoms with Gasteiger partial charge < -0.3 is 20.3 Å². The highest BCUT2D eigenvalue weighted by molar-refractivity contribution is 5.76. The van der Waals surface area contributed by atoms with Gasteiger partial charge in [0, 0.05) is 12.8 Å². The molecule has 0 fully saturated rings. The van der Waals surface area contributed by atoms with Crippen LogP contribution in [-0.4, -0.2) is 47.4 Å². The third kappa shape index (κ3) is 81.2. The molecule has 0 aromatic heterocycles. The van der Waals surface area contributed by atoms with Crippen LogP contribution in [0.15, 0.2) is 24.3 Å². The third-order valence-electron chi connectivity index (χ3n) is 21.0. The number of hydrogen-bond donors (Lipinski definition) is 3. The third-order valence-corrected chi connectivity index (χ3v) is 21.0. The molecule has 0 aromatic rings. The topological polar surface area (TPSA) is 95.9 Å². The lowest BCUT2D eigenvalue weighted by Crippen LogP contribution is -2.45. The summed E-state index contributed by atoms with van der Waals surface area (Å²) in [7, 11) is 0. The van der Waals surface area contributed by atoms with Crippen LogP contribution in [0.25, 0.3) is 0 Å². The molecule has 6 heteroatoms. The Balaban J connectivity index is 3.33. The quantitative estimate of drug-likeness (QED) is 0.0320. The molecule has 0 aromatic carbocycles. The summed E-state index contributed by atoms with van der Waals surface area (Å²) < 4.78 is 5.52. The van der Waals surface area contributed by atoms with Crippen molar-refractivity contribution in [1.29, 1.82) is 0 Å². The van der Waals surface area contributed by atoms with Gasteiger partial charge in [0.1, 0.15) is 0 Å². The van der Waals surface area contributed by atoms with Crippen molar-refractivity contribution < 1.29 is 24.5 Å². The molecular formula is C89H173NO5. The largest absolute Gasteiger partial charge is 0.466 e. The predicted molar refractivity (Wildman–Crippen MR) is 421 cm³/mol. The van der Waals surface area contributed by atoms with E-state index >= 15 is 0 Å². The van der Waals surface area contributed by atoms with Gasteiger partial charge >= 0.3 is 5.97 Å². The maximum atomic E-state index is 12.6. The van der Waals surface area contributed by atoms with Gasteiger partial charge in [-0.15, -0.1) is 0 Å². The second-order valence-corrected chi connectivity index (χ2v) is 30.6. The average Bonchev–Trinajstić information content (AvgIpc) is 2.82. The van der Waals surface area contributed by atoms with Crippen molar-refractivity contribution in [3.8, 4) is 0 Å². The molecule has 0 rings (SSSR count). The summed E-state index contributed by atoms with van der Waals surface area (Å²) in [5.41, 5.74) is 0. The maximum Gasteiger partial charge on any atom is 0.305 e. The number of rotatable bonds is 84. The van der Waals surface area contributed by atoms with Crippen LogP contribution in [-0.2, 0) is 14.3 Å². The van der Waals surface area contributed by atoms with Crippen LogP contribution in [0.1, 0.15) is 508 Å². The second-order valence-electron chi connectivity index (χ2n) is 30.6. The molecule has 564 valence electrons.